The van der Waals surface area contributed by atoms with Crippen molar-refractivity contribution in [1.82, 2.24) is 30.1 Å². The van der Waals surface area contributed by atoms with Gasteiger partial charge in [0, 0.05) is 36.5 Å². The van der Waals surface area contributed by atoms with Crippen LogP contribution in [-0.4, -0.2) is 63.5 Å². The molecular formula is C26H29N7O2S. The molecule has 1 aliphatic carbocycles. The van der Waals surface area contributed by atoms with Gasteiger partial charge in [-0.2, -0.15) is 9.61 Å². The topological polar surface area (TPSA) is 104 Å². The van der Waals surface area contributed by atoms with Gasteiger partial charge in [-0.15, -0.1) is 11.3 Å². The zero-order valence-electron chi connectivity index (χ0n) is 20.0. The fourth-order valence-corrected chi connectivity index (χ4v) is 5.55. The minimum Gasteiger partial charge on any atom is -0.367 e. The fourth-order valence-electron chi connectivity index (χ4n) is 4.66. The lowest BCUT2D eigenvalue weighted by Crippen LogP contribution is -2.33. The highest BCUT2D eigenvalue weighted by atomic mass is 32.1. The van der Waals surface area contributed by atoms with Gasteiger partial charge in [0.25, 0.3) is 5.91 Å². The van der Waals surface area contributed by atoms with Gasteiger partial charge in [0.05, 0.1) is 28.1 Å². The van der Waals surface area contributed by atoms with Crippen LogP contribution < -0.4 is 16.0 Å². The third kappa shape index (κ3) is 4.78. The van der Waals surface area contributed by atoms with Crippen molar-refractivity contribution in [3.8, 4) is 10.6 Å². The summed E-state index contributed by atoms with van der Waals surface area (Å²) in [5.74, 6) is 0.762. The number of nitrogens with zero attached hydrogens (tertiary/aromatic N) is 4. The second-order valence-electron chi connectivity index (χ2n) is 9.62. The number of allylic oxidation sites excluding steroid dienone is 1. The average molecular weight is 504 g/mol. The quantitative estimate of drug-likeness (QED) is 0.436. The molecule has 9 nitrogen and oxygen atoms in total. The maximum atomic E-state index is 12.7. The normalized spacial score (nSPS) is 19.4. The molecule has 0 spiro atoms. The van der Waals surface area contributed by atoms with Crippen molar-refractivity contribution < 1.29 is 9.59 Å². The molecular weight excluding hydrogens is 474 g/mol. The minimum absolute atomic E-state index is 0.0467. The Morgan fingerprint density at radius 3 is 2.86 bits per heavy atom. The van der Waals surface area contributed by atoms with Gasteiger partial charge in [-0.25, -0.2) is 4.98 Å². The number of thiophene rings is 1. The Labute approximate surface area is 213 Å². The molecule has 0 unspecified atom stereocenters. The van der Waals surface area contributed by atoms with Crippen LogP contribution >= 0.6 is 11.3 Å². The summed E-state index contributed by atoms with van der Waals surface area (Å²) in [7, 11) is 0. The number of carbonyl (C=O) groups is 2. The Bertz CT molecular complexity index is 1380. The first-order chi connectivity index (χ1) is 17.5. The molecule has 2 aliphatic heterocycles. The van der Waals surface area contributed by atoms with Crippen LogP contribution in [-0.2, 0) is 4.79 Å². The Kier molecular flexibility index (Phi) is 6.06. The van der Waals surface area contributed by atoms with Gasteiger partial charge in [-0.1, -0.05) is 6.58 Å². The van der Waals surface area contributed by atoms with Gasteiger partial charge in [0.15, 0.2) is 5.65 Å². The molecule has 3 aromatic heterocycles. The highest BCUT2D eigenvalue weighted by molar-refractivity contribution is 7.17. The summed E-state index contributed by atoms with van der Waals surface area (Å²) in [6.45, 7) is 7.74. The number of likely N-dealkylation sites (tertiary alicyclic amines) is 1. The average Bonchev–Trinajstić information content (AvgIpc) is 3.27. The summed E-state index contributed by atoms with van der Waals surface area (Å²) in [4.78, 5) is 33.4. The zero-order chi connectivity index (χ0) is 24.6. The van der Waals surface area contributed by atoms with E-state index in [4.69, 9.17) is 4.98 Å². The molecule has 3 aromatic rings. The molecule has 36 heavy (non-hydrogen) atoms. The van der Waals surface area contributed by atoms with E-state index in [1.165, 1.54) is 24.2 Å². The molecule has 0 radical (unpaired) electrons. The number of carbonyl (C=O) groups excluding carboxylic acids is 2. The van der Waals surface area contributed by atoms with Crippen LogP contribution in [0.3, 0.4) is 0 Å². The number of hydrogen-bond donors (Lipinski definition) is 3. The SMILES string of the molecule is C=C1NC(=O)C/C1=C\c1cnn2c(NC3CC3)cc(-c3ccc(C(=O)NCCN4CCCC4)s3)nc12. The van der Waals surface area contributed by atoms with E-state index in [2.05, 4.69) is 32.5 Å². The van der Waals surface area contributed by atoms with Crippen molar-refractivity contribution in [2.75, 3.05) is 31.5 Å². The molecule has 1 saturated carbocycles. The highest BCUT2D eigenvalue weighted by Gasteiger charge is 2.24. The molecule has 0 atom stereocenters. The predicted octanol–water partition coefficient (Wildman–Crippen LogP) is 3.27. The summed E-state index contributed by atoms with van der Waals surface area (Å²) in [6, 6.07) is 6.25. The summed E-state index contributed by atoms with van der Waals surface area (Å²) in [5.41, 5.74) is 3.75. The van der Waals surface area contributed by atoms with Crippen molar-refractivity contribution in [3.63, 3.8) is 0 Å². The van der Waals surface area contributed by atoms with Crippen LogP contribution in [0.15, 0.2) is 42.2 Å². The van der Waals surface area contributed by atoms with Crippen molar-refractivity contribution in [3.05, 3.63) is 52.7 Å². The second kappa shape index (κ2) is 9.51. The van der Waals surface area contributed by atoms with Crippen LogP contribution in [0.2, 0.25) is 0 Å². The van der Waals surface area contributed by atoms with E-state index in [0.717, 1.165) is 60.0 Å². The molecule has 3 aliphatic rings. The lowest BCUT2D eigenvalue weighted by Gasteiger charge is -2.14. The number of amides is 2. The summed E-state index contributed by atoms with van der Waals surface area (Å²) in [6.07, 6.45) is 8.74. The number of fused-ring (bicyclic) bond motifs is 1. The Balaban J connectivity index is 1.27. The van der Waals surface area contributed by atoms with Crippen LogP contribution in [0.1, 0.15) is 47.3 Å². The van der Waals surface area contributed by atoms with Crippen LogP contribution in [0.25, 0.3) is 22.3 Å². The maximum Gasteiger partial charge on any atom is 0.261 e. The minimum atomic E-state index is -0.0581. The molecule has 0 aromatic carbocycles. The third-order valence-electron chi connectivity index (χ3n) is 6.78. The molecule has 0 bridgehead atoms. The standard InChI is InChI=1S/C26H29N7O2S/c1-16-17(13-24(34)29-16)12-18-15-28-33-23(30-19-4-5-19)14-20(31-25(18)33)21-6-7-22(36-21)26(35)27-8-11-32-9-2-3-10-32/h6-7,12,14-15,19,30H,1-5,8-11,13H2,(H,27,35)(H,29,34)/b17-12+. The first kappa shape index (κ1) is 22.9. The fraction of sp³-hybridized carbons (Fsp3) is 0.385. The van der Waals surface area contributed by atoms with Crippen LogP contribution in [0.4, 0.5) is 5.82 Å². The Morgan fingerprint density at radius 1 is 1.28 bits per heavy atom. The Morgan fingerprint density at radius 2 is 2.11 bits per heavy atom. The number of nitrogens with one attached hydrogen (secondary N) is 3. The number of hydrogen-bond acceptors (Lipinski definition) is 7. The molecule has 3 fully saturated rings. The number of rotatable bonds is 8. The zero-order valence-corrected chi connectivity index (χ0v) is 20.9. The lowest BCUT2D eigenvalue weighted by molar-refractivity contribution is -0.118. The van der Waals surface area contributed by atoms with Gasteiger partial charge >= 0.3 is 0 Å². The van der Waals surface area contributed by atoms with Gasteiger partial charge in [0.1, 0.15) is 5.82 Å². The predicted molar refractivity (Wildman–Crippen MR) is 141 cm³/mol. The smallest absolute Gasteiger partial charge is 0.261 e. The molecule has 6 rings (SSSR count). The van der Waals surface area contributed by atoms with E-state index < -0.39 is 0 Å². The van der Waals surface area contributed by atoms with E-state index in [-0.39, 0.29) is 11.8 Å². The maximum absolute atomic E-state index is 12.7. The van der Waals surface area contributed by atoms with Crippen molar-refractivity contribution >= 4 is 40.7 Å². The van der Waals surface area contributed by atoms with E-state index in [0.29, 0.717) is 35.2 Å². The largest absolute Gasteiger partial charge is 0.367 e. The van der Waals surface area contributed by atoms with E-state index >= 15 is 0 Å². The number of anilines is 1. The van der Waals surface area contributed by atoms with E-state index in [1.54, 1.807) is 10.7 Å². The van der Waals surface area contributed by atoms with Crippen molar-refractivity contribution in [1.29, 1.82) is 0 Å². The van der Waals surface area contributed by atoms with Gasteiger partial charge in [0.2, 0.25) is 5.91 Å². The van der Waals surface area contributed by atoms with Crippen LogP contribution in [0, 0.1) is 0 Å². The summed E-state index contributed by atoms with van der Waals surface area (Å²) < 4.78 is 1.81. The monoisotopic (exact) mass is 503 g/mol. The molecule has 10 heteroatoms. The number of aromatic nitrogens is 3. The highest BCUT2D eigenvalue weighted by Crippen LogP contribution is 2.33. The molecule has 5 heterocycles. The molecule has 186 valence electrons. The first-order valence-electron chi connectivity index (χ1n) is 12.5. The van der Waals surface area contributed by atoms with Gasteiger partial charge in [-0.3, -0.25) is 9.59 Å². The molecule has 2 saturated heterocycles. The second-order valence-corrected chi connectivity index (χ2v) is 10.7. The lowest BCUT2D eigenvalue weighted by atomic mass is 10.1. The van der Waals surface area contributed by atoms with E-state index in [1.807, 2.05) is 24.3 Å². The first-order valence-corrected chi connectivity index (χ1v) is 13.3. The van der Waals surface area contributed by atoms with Crippen LogP contribution in [0.5, 0.6) is 0 Å². The van der Waals surface area contributed by atoms with Gasteiger partial charge in [-0.05, 0) is 62.6 Å². The van der Waals surface area contributed by atoms with E-state index in [9.17, 15) is 9.59 Å². The summed E-state index contributed by atoms with van der Waals surface area (Å²) in [5, 5.41) is 13.9. The summed E-state index contributed by atoms with van der Waals surface area (Å²) >= 11 is 1.44. The third-order valence-corrected chi connectivity index (χ3v) is 7.89. The molecule has 2 amide bonds. The molecule has 3 N–H and O–H groups in total. The van der Waals surface area contributed by atoms with Crippen molar-refractivity contribution in [2.24, 2.45) is 0 Å². The Hall–Kier alpha value is -3.50. The van der Waals surface area contributed by atoms with Crippen molar-refractivity contribution in [2.45, 2.75) is 38.1 Å². The van der Waals surface area contributed by atoms with Gasteiger partial charge < -0.3 is 20.9 Å².